The minimum absolute atomic E-state index is 0.225. The molecule has 1 aliphatic rings. The van der Waals surface area contributed by atoms with Gasteiger partial charge in [-0.15, -0.1) is 0 Å². The van der Waals surface area contributed by atoms with Crippen LogP contribution in [0.5, 0.6) is 0 Å². The summed E-state index contributed by atoms with van der Waals surface area (Å²) in [6.07, 6.45) is 0.966. The van der Waals surface area contributed by atoms with Crippen LogP contribution >= 0.6 is 0 Å². The first kappa shape index (κ1) is 23.9. The van der Waals surface area contributed by atoms with Crippen molar-refractivity contribution in [3.8, 4) is 0 Å². The highest BCUT2D eigenvalue weighted by atomic mass is 19.1. The molecule has 1 saturated heterocycles. The number of hydrogen-bond donors (Lipinski definition) is 2. The predicted molar refractivity (Wildman–Crippen MR) is 121 cm³/mol. The summed E-state index contributed by atoms with van der Waals surface area (Å²) in [4.78, 5) is 52.8. The quantitative estimate of drug-likeness (QED) is 0.599. The molecule has 1 heterocycles. The topological polar surface area (TPSA) is 98.8 Å². The van der Waals surface area contributed by atoms with Gasteiger partial charge in [-0.2, -0.15) is 0 Å². The van der Waals surface area contributed by atoms with Crippen LogP contribution in [0.15, 0.2) is 48.5 Å². The summed E-state index contributed by atoms with van der Waals surface area (Å²) in [5.41, 5.74) is 0.704. The van der Waals surface area contributed by atoms with E-state index in [9.17, 15) is 23.6 Å². The number of imide groups is 1. The standard InChI is InChI=1S/C24H27FN4O4/c1-4-16-8-6-7-9-19(16)26-20(30)14-28(3)21(31)15-29-22(32)24(5-2,27-23(29)33)17-10-12-18(25)13-11-17/h6-13H,4-5,14-15H2,1-3H3,(H,26,30)(H,27,33). The number of benzene rings is 2. The van der Waals surface area contributed by atoms with Gasteiger partial charge < -0.3 is 15.5 Å². The van der Waals surface area contributed by atoms with Crippen LogP contribution in [-0.2, 0) is 26.3 Å². The molecule has 2 N–H and O–H groups in total. The van der Waals surface area contributed by atoms with Gasteiger partial charge in [-0.1, -0.05) is 44.2 Å². The highest BCUT2D eigenvalue weighted by Crippen LogP contribution is 2.32. The Labute approximate surface area is 191 Å². The van der Waals surface area contributed by atoms with Crippen molar-refractivity contribution in [1.82, 2.24) is 15.1 Å². The molecule has 174 valence electrons. The summed E-state index contributed by atoms with van der Waals surface area (Å²) in [7, 11) is 1.43. The minimum atomic E-state index is -1.37. The van der Waals surface area contributed by atoms with Gasteiger partial charge in [-0.05, 0) is 42.2 Å². The number of aryl methyl sites for hydroxylation is 1. The summed E-state index contributed by atoms with van der Waals surface area (Å²) in [6, 6.07) is 12.0. The third-order valence-corrected chi connectivity index (χ3v) is 5.82. The maximum atomic E-state index is 13.3. The van der Waals surface area contributed by atoms with Crippen LogP contribution in [0.2, 0.25) is 0 Å². The van der Waals surface area contributed by atoms with Crippen LogP contribution in [0.3, 0.4) is 0 Å². The maximum absolute atomic E-state index is 13.3. The number of nitrogens with one attached hydrogen (secondary N) is 2. The second-order valence-electron chi connectivity index (χ2n) is 7.90. The molecule has 1 aliphatic heterocycles. The van der Waals surface area contributed by atoms with Crippen LogP contribution < -0.4 is 10.6 Å². The molecule has 0 bridgehead atoms. The number of likely N-dealkylation sites (N-methyl/N-ethyl adjacent to an activating group) is 1. The number of rotatable bonds is 8. The SMILES string of the molecule is CCc1ccccc1NC(=O)CN(C)C(=O)CN1C(=O)NC(CC)(c2ccc(F)cc2)C1=O. The van der Waals surface area contributed by atoms with E-state index in [0.717, 1.165) is 21.8 Å². The number of hydrogen-bond acceptors (Lipinski definition) is 4. The van der Waals surface area contributed by atoms with Gasteiger partial charge in [0.1, 0.15) is 17.9 Å². The molecule has 2 aromatic rings. The van der Waals surface area contributed by atoms with E-state index in [1.54, 1.807) is 13.0 Å². The van der Waals surface area contributed by atoms with Crippen LogP contribution in [0.1, 0.15) is 31.4 Å². The largest absolute Gasteiger partial charge is 0.335 e. The average molecular weight is 455 g/mol. The molecular weight excluding hydrogens is 427 g/mol. The first-order valence-corrected chi connectivity index (χ1v) is 10.7. The predicted octanol–water partition coefficient (Wildman–Crippen LogP) is 2.64. The first-order chi connectivity index (χ1) is 15.7. The van der Waals surface area contributed by atoms with Gasteiger partial charge in [0.25, 0.3) is 5.91 Å². The van der Waals surface area contributed by atoms with Crippen molar-refractivity contribution in [2.24, 2.45) is 0 Å². The molecule has 5 amide bonds. The molecular formula is C24H27FN4O4. The van der Waals surface area contributed by atoms with Crippen molar-refractivity contribution in [1.29, 1.82) is 0 Å². The van der Waals surface area contributed by atoms with E-state index in [2.05, 4.69) is 10.6 Å². The Morgan fingerprint density at radius 1 is 1.09 bits per heavy atom. The smallest absolute Gasteiger partial charge is 0.325 e. The molecule has 1 atom stereocenters. The Hall–Kier alpha value is -3.75. The van der Waals surface area contributed by atoms with E-state index < -0.39 is 41.7 Å². The third kappa shape index (κ3) is 4.87. The minimum Gasteiger partial charge on any atom is -0.335 e. The maximum Gasteiger partial charge on any atom is 0.325 e. The lowest BCUT2D eigenvalue weighted by atomic mass is 9.87. The average Bonchev–Trinajstić information content (AvgIpc) is 3.04. The molecule has 0 spiro atoms. The Morgan fingerprint density at radius 2 is 1.76 bits per heavy atom. The molecule has 1 fully saturated rings. The number of carbonyl (C=O) groups is 4. The van der Waals surface area contributed by atoms with E-state index in [-0.39, 0.29) is 13.0 Å². The van der Waals surface area contributed by atoms with Gasteiger partial charge in [-0.3, -0.25) is 19.3 Å². The molecule has 2 aromatic carbocycles. The van der Waals surface area contributed by atoms with Gasteiger partial charge in [0.2, 0.25) is 11.8 Å². The van der Waals surface area contributed by atoms with Gasteiger partial charge in [0.15, 0.2) is 0 Å². The number of urea groups is 1. The molecule has 0 saturated carbocycles. The fourth-order valence-corrected chi connectivity index (χ4v) is 3.84. The van der Waals surface area contributed by atoms with Crippen LogP contribution in [0.25, 0.3) is 0 Å². The summed E-state index contributed by atoms with van der Waals surface area (Å²) in [5.74, 6) is -2.01. The van der Waals surface area contributed by atoms with E-state index in [1.807, 2.05) is 25.1 Å². The number of carbonyl (C=O) groups excluding carboxylic acids is 4. The van der Waals surface area contributed by atoms with Gasteiger partial charge in [0.05, 0.1) is 6.54 Å². The second kappa shape index (κ2) is 9.81. The lowest BCUT2D eigenvalue weighted by molar-refractivity contribution is -0.139. The number of nitrogens with zero attached hydrogens (tertiary/aromatic N) is 2. The van der Waals surface area contributed by atoms with Gasteiger partial charge in [-0.25, -0.2) is 9.18 Å². The first-order valence-electron chi connectivity index (χ1n) is 10.7. The lowest BCUT2D eigenvalue weighted by Gasteiger charge is -2.26. The zero-order chi connectivity index (χ0) is 24.2. The molecule has 0 radical (unpaired) electrons. The molecule has 1 unspecified atom stereocenters. The summed E-state index contributed by atoms with van der Waals surface area (Å²) >= 11 is 0. The molecule has 8 nitrogen and oxygen atoms in total. The highest BCUT2D eigenvalue weighted by molar-refractivity contribution is 6.09. The molecule has 33 heavy (non-hydrogen) atoms. The van der Waals surface area contributed by atoms with Crippen molar-refractivity contribution in [3.63, 3.8) is 0 Å². The molecule has 3 rings (SSSR count). The van der Waals surface area contributed by atoms with E-state index in [4.69, 9.17) is 0 Å². The molecule has 9 heteroatoms. The lowest BCUT2D eigenvalue weighted by Crippen LogP contribution is -2.46. The summed E-state index contributed by atoms with van der Waals surface area (Å²) in [6.45, 7) is 2.94. The number of anilines is 1. The number of amides is 5. The number of para-hydroxylation sites is 1. The zero-order valence-corrected chi connectivity index (χ0v) is 18.9. The zero-order valence-electron chi connectivity index (χ0n) is 18.9. The Balaban J connectivity index is 1.66. The van der Waals surface area contributed by atoms with Crippen molar-refractivity contribution < 1.29 is 23.6 Å². The van der Waals surface area contributed by atoms with Crippen molar-refractivity contribution in [3.05, 3.63) is 65.5 Å². The monoisotopic (exact) mass is 454 g/mol. The third-order valence-electron chi connectivity index (χ3n) is 5.82. The molecule has 0 aliphatic carbocycles. The number of halogens is 1. The summed E-state index contributed by atoms with van der Waals surface area (Å²) in [5, 5.41) is 5.43. The van der Waals surface area contributed by atoms with Crippen LogP contribution in [0.4, 0.5) is 14.9 Å². The molecule has 0 aromatic heterocycles. The fraction of sp³-hybridized carbons (Fsp3) is 0.333. The van der Waals surface area contributed by atoms with Crippen molar-refractivity contribution >= 4 is 29.4 Å². The van der Waals surface area contributed by atoms with E-state index >= 15 is 0 Å². The Bertz CT molecular complexity index is 1070. The normalized spacial score (nSPS) is 17.6. The van der Waals surface area contributed by atoms with Gasteiger partial charge >= 0.3 is 6.03 Å². The summed E-state index contributed by atoms with van der Waals surface area (Å²) < 4.78 is 13.3. The Morgan fingerprint density at radius 3 is 2.39 bits per heavy atom. The van der Waals surface area contributed by atoms with Crippen LogP contribution in [-0.4, -0.2) is 53.7 Å². The Kier molecular flexibility index (Phi) is 7.10. The van der Waals surface area contributed by atoms with Gasteiger partial charge in [0, 0.05) is 12.7 Å². The van der Waals surface area contributed by atoms with Crippen molar-refractivity contribution in [2.75, 3.05) is 25.5 Å². The van der Waals surface area contributed by atoms with E-state index in [1.165, 1.54) is 31.3 Å². The van der Waals surface area contributed by atoms with Crippen molar-refractivity contribution in [2.45, 2.75) is 32.2 Å². The fourth-order valence-electron chi connectivity index (χ4n) is 3.84. The second-order valence-corrected chi connectivity index (χ2v) is 7.90. The highest BCUT2D eigenvalue weighted by Gasteiger charge is 2.51. The van der Waals surface area contributed by atoms with Crippen LogP contribution in [0, 0.1) is 5.82 Å². The van der Waals surface area contributed by atoms with E-state index in [0.29, 0.717) is 11.3 Å².